The van der Waals surface area contributed by atoms with Crippen LogP contribution in [0, 0.1) is 13.8 Å². The minimum Gasteiger partial charge on any atom is -0.489 e. The van der Waals surface area contributed by atoms with Gasteiger partial charge >= 0.3 is 0 Å². The molecule has 0 fully saturated rings. The Kier molecular flexibility index (Phi) is 5.80. The molecular weight excluding hydrogens is 288 g/mol. The second-order valence-electron chi connectivity index (χ2n) is 5.35. The summed E-state index contributed by atoms with van der Waals surface area (Å²) in [7, 11) is 0. The number of nitrogens with one attached hydrogen (secondary N) is 2. The van der Waals surface area contributed by atoms with Crippen LogP contribution in [0.1, 0.15) is 11.1 Å². The third kappa shape index (κ3) is 5.18. The van der Waals surface area contributed by atoms with E-state index in [0.29, 0.717) is 18.0 Å². The predicted octanol–water partition coefficient (Wildman–Crippen LogP) is 3.92. The van der Waals surface area contributed by atoms with Crippen molar-refractivity contribution in [3.63, 3.8) is 0 Å². The summed E-state index contributed by atoms with van der Waals surface area (Å²) in [6.07, 6.45) is 1.68. The first kappa shape index (κ1) is 16.6. The van der Waals surface area contributed by atoms with E-state index in [1.165, 1.54) is 0 Å². The summed E-state index contributed by atoms with van der Waals surface area (Å²) in [6, 6.07) is 13.4. The molecule has 2 aromatic rings. The Morgan fingerprint density at radius 1 is 1.22 bits per heavy atom. The highest BCUT2D eigenvalue weighted by molar-refractivity contribution is 5.94. The van der Waals surface area contributed by atoms with Crippen LogP contribution in [0.3, 0.4) is 0 Å². The van der Waals surface area contributed by atoms with Gasteiger partial charge in [-0.05, 0) is 43.2 Å². The molecule has 0 bridgehead atoms. The Balaban J connectivity index is 1.92. The highest BCUT2D eigenvalue weighted by Crippen LogP contribution is 2.18. The van der Waals surface area contributed by atoms with Crippen LogP contribution in [0.5, 0.6) is 5.75 Å². The minimum atomic E-state index is -0.105. The van der Waals surface area contributed by atoms with Crippen molar-refractivity contribution in [1.82, 2.24) is 0 Å². The normalized spacial score (nSPS) is 10.0. The van der Waals surface area contributed by atoms with Crippen molar-refractivity contribution < 1.29 is 9.53 Å². The van der Waals surface area contributed by atoms with E-state index in [1.54, 1.807) is 12.1 Å². The number of hydrogen-bond donors (Lipinski definition) is 2. The molecule has 0 saturated carbocycles. The van der Waals surface area contributed by atoms with Crippen molar-refractivity contribution in [2.75, 3.05) is 23.8 Å². The first-order valence-corrected chi connectivity index (χ1v) is 7.53. The summed E-state index contributed by atoms with van der Waals surface area (Å²) >= 11 is 0. The molecule has 0 atom stereocenters. The molecule has 2 N–H and O–H groups in total. The summed E-state index contributed by atoms with van der Waals surface area (Å²) in [5.41, 5.74) is 3.95. The Bertz CT molecular complexity index is 696. The minimum absolute atomic E-state index is 0.105. The molecule has 120 valence electrons. The van der Waals surface area contributed by atoms with Crippen molar-refractivity contribution in [3.8, 4) is 5.75 Å². The van der Waals surface area contributed by atoms with Crippen LogP contribution in [-0.2, 0) is 4.79 Å². The summed E-state index contributed by atoms with van der Waals surface area (Å²) in [5, 5.41) is 6.02. The van der Waals surface area contributed by atoms with Gasteiger partial charge in [0, 0.05) is 17.4 Å². The Labute approximate surface area is 137 Å². The van der Waals surface area contributed by atoms with E-state index in [1.807, 2.05) is 44.2 Å². The Morgan fingerprint density at radius 3 is 2.83 bits per heavy atom. The van der Waals surface area contributed by atoms with Crippen molar-refractivity contribution in [2.45, 2.75) is 13.8 Å². The number of amides is 1. The van der Waals surface area contributed by atoms with Crippen LogP contribution in [0.2, 0.25) is 0 Å². The van der Waals surface area contributed by atoms with Gasteiger partial charge in [-0.2, -0.15) is 0 Å². The molecule has 0 aliphatic heterocycles. The van der Waals surface area contributed by atoms with Gasteiger partial charge in [0.25, 0.3) is 0 Å². The molecule has 0 aliphatic rings. The van der Waals surface area contributed by atoms with Crippen LogP contribution in [0.15, 0.2) is 55.1 Å². The third-order valence-electron chi connectivity index (χ3n) is 3.32. The average Bonchev–Trinajstić information content (AvgIpc) is 2.54. The summed E-state index contributed by atoms with van der Waals surface area (Å²) in [4.78, 5) is 12.1. The SMILES string of the molecule is C=CCOc1cccc(NC(=O)CNc2cc(C)ccc2C)c1. The van der Waals surface area contributed by atoms with Crippen LogP contribution in [-0.4, -0.2) is 19.1 Å². The predicted molar refractivity (Wildman–Crippen MR) is 95.2 cm³/mol. The molecule has 0 radical (unpaired) electrons. The zero-order valence-corrected chi connectivity index (χ0v) is 13.6. The Hall–Kier alpha value is -2.75. The van der Waals surface area contributed by atoms with Gasteiger partial charge in [0.2, 0.25) is 5.91 Å². The van der Waals surface area contributed by atoms with Gasteiger partial charge in [0.15, 0.2) is 0 Å². The van der Waals surface area contributed by atoms with Gasteiger partial charge in [-0.3, -0.25) is 4.79 Å². The van der Waals surface area contributed by atoms with Gasteiger partial charge in [0.05, 0.1) is 6.54 Å². The van der Waals surface area contributed by atoms with Crippen LogP contribution < -0.4 is 15.4 Å². The molecule has 23 heavy (non-hydrogen) atoms. The molecule has 0 heterocycles. The molecule has 0 unspecified atom stereocenters. The highest BCUT2D eigenvalue weighted by Gasteiger charge is 2.05. The maximum atomic E-state index is 12.1. The number of aryl methyl sites for hydroxylation is 2. The second kappa shape index (κ2) is 8.03. The average molecular weight is 310 g/mol. The lowest BCUT2D eigenvalue weighted by molar-refractivity contribution is -0.114. The fourth-order valence-electron chi connectivity index (χ4n) is 2.13. The zero-order valence-electron chi connectivity index (χ0n) is 13.6. The van der Waals surface area contributed by atoms with Crippen molar-refractivity contribution >= 4 is 17.3 Å². The van der Waals surface area contributed by atoms with Gasteiger partial charge in [-0.1, -0.05) is 30.9 Å². The van der Waals surface area contributed by atoms with Gasteiger partial charge in [-0.25, -0.2) is 0 Å². The number of hydrogen-bond acceptors (Lipinski definition) is 3. The lowest BCUT2D eigenvalue weighted by Crippen LogP contribution is -2.22. The summed E-state index contributed by atoms with van der Waals surface area (Å²) in [5.74, 6) is 0.594. The number of carbonyl (C=O) groups is 1. The lowest BCUT2D eigenvalue weighted by atomic mass is 10.1. The van der Waals surface area contributed by atoms with E-state index < -0.39 is 0 Å². The maximum absolute atomic E-state index is 12.1. The summed E-state index contributed by atoms with van der Waals surface area (Å²) in [6.45, 7) is 8.30. The number of carbonyl (C=O) groups excluding carboxylic acids is 1. The molecular formula is C19H22N2O2. The van der Waals surface area contributed by atoms with E-state index >= 15 is 0 Å². The maximum Gasteiger partial charge on any atom is 0.243 e. The monoisotopic (exact) mass is 310 g/mol. The van der Waals surface area contributed by atoms with Crippen molar-refractivity contribution in [3.05, 3.63) is 66.2 Å². The molecule has 2 aromatic carbocycles. The molecule has 0 spiro atoms. The van der Waals surface area contributed by atoms with E-state index in [-0.39, 0.29) is 12.5 Å². The third-order valence-corrected chi connectivity index (χ3v) is 3.32. The topological polar surface area (TPSA) is 50.4 Å². The molecule has 0 saturated heterocycles. The Morgan fingerprint density at radius 2 is 2.04 bits per heavy atom. The molecule has 4 heteroatoms. The van der Waals surface area contributed by atoms with Crippen molar-refractivity contribution in [1.29, 1.82) is 0 Å². The fraction of sp³-hybridized carbons (Fsp3) is 0.211. The second-order valence-corrected chi connectivity index (χ2v) is 5.35. The molecule has 4 nitrogen and oxygen atoms in total. The van der Waals surface area contributed by atoms with E-state index in [2.05, 4.69) is 23.3 Å². The lowest BCUT2D eigenvalue weighted by Gasteiger charge is -2.11. The molecule has 0 aliphatic carbocycles. The smallest absolute Gasteiger partial charge is 0.243 e. The van der Waals surface area contributed by atoms with Gasteiger partial charge in [-0.15, -0.1) is 0 Å². The number of benzene rings is 2. The molecule has 2 rings (SSSR count). The number of anilines is 2. The summed E-state index contributed by atoms with van der Waals surface area (Å²) < 4.78 is 5.45. The first-order valence-electron chi connectivity index (χ1n) is 7.53. The standard InChI is InChI=1S/C19H22N2O2/c1-4-10-23-17-7-5-6-16(12-17)21-19(22)13-20-18-11-14(2)8-9-15(18)3/h4-9,11-12,20H,1,10,13H2,2-3H3,(H,21,22). The van der Waals surface area contributed by atoms with Crippen LogP contribution in [0.4, 0.5) is 11.4 Å². The molecule has 1 amide bonds. The quantitative estimate of drug-likeness (QED) is 0.762. The number of rotatable bonds is 7. The van der Waals surface area contributed by atoms with Gasteiger partial charge in [0.1, 0.15) is 12.4 Å². The van der Waals surface area contributed by atoms with Crippen LogP contribution >= 0.6 is 0 Å². The van der Waals surface area contributed by atoms with Gasteiger partial charge < -0.3 is 15.4 Å². The number of ether oxygens (including phenoxy) is 1. The first-order chi connectivity index (χ1) is 11.1. The van der Waals surface area contributed by atoms with E-state index in [9.17, 15) is 4.79 Å². The highest BCUT2D eigenvalue weighted by atomic mass is 16.5. The fourth-order valence-corrected chi connectivity index (χ4v) is 2.13. The van der Waals surface area contributed by atoms with Crippen molar-refractivity contribution in [2.24, 2.45) is 0 Å². The zero-order chi connectivity index (χ0) is 16.7. The van der Waals surface area contributed by atoms with E-state index in [4.69, 9.17) is 4.74 Å². The largest absolute Gasteiger partial charge is 0.489 e. The van der Waals surface area contributed by atoms with E-state index in [0.717, 1.165) is 16.8 Å². The van der Waals surface area contributed by atoms with Crippen LogP contribution in [0.25, 0.3) is 0 Å². The molecule has 0 aromatic heterocycles.